The van der Waals surface area contributed by atoms with Gasteiger partial charge in [-0.15, -0.1) is 0 Å². The van der Waals surface area contributed by atoms with Crippen LogP contribution in [-0.4, -0.2) is 29.4 Å². The molecule has 0 aromatic carbocycles. The van der Waals surface area contributed by atoms with Crippen molar-refractivity contribution in [1.82, 2.24) is 0 Å². The van der Waals surface area contributed by atoms with E-state index in [9.17, 15) is 0 Å². The molecule has 0 aliphatic carbocycles. The van der Waals surface area contributed by atoms with Crippen LogP contribution in [0, 0.1) is 0 Å². The van der Waals surface area contributed by atoms with Crippen molar-refractivity contribution in [3.8, 4) is 0 Å². The maximum atomic E-state index is 0. The summed E-state index contributed by atoms with van der Waals surface area (Å²) in [5.74, 6) is 0. The van der Waals surface area contributed by atoms with Gasteiger partial charge >= 0.3 is 101 Å². The van der Waals surface area contributed by atoms with Gasteiger partial charge in [-0.25, -0.2) is 0 Å². The van der Waals surface area contributed by atoms with Crippen LogP contribution in [0.5, 0.6) is 0 Å². The van der Waals surface area contributed by atoms with Crippen molar-refractivity contribution in [3.63, 3.8) is 0 Å². The molecule has 0 saturated heterocycles. The molecule has 0 atom stereocenters. The van der Waals surface area contributed by atoms with Crippen molar-refractivity contribution in [2.24, 2.45) is 0 Å². The number of hydrogen-bond donors (Lipinski definition) is 0. The fourth-order valence-electron chi connectivity index (χ4n) is 0. The minimum absolute atomic E-state index is 0. The third kappa shape index (κ3) is 24.7. The standard InChI is InChI=1S/K.H2O.O.Sn.W.Zr/h;1H2;;;;/q+1;;-2;+2;;+4. The maximum Gasteiger partial charge on any atom is 4.00 e. The summed E-state index contributed by atoms with van der Waals surface area (Å²) >= 11 is 0. The van der Waals surface area contributed by atoms with Crippen LogP contribution < -0.4 is 51.4 Å². The molecule has 2 nitrogen and oxygen atoms in total. The van der Waals surface area contributed by atoms with Gasteiger partial charge in [0.05, 0.1) is 0 Å². The molecule has 0 unspecified atom stereocenters. The van der Waals surface area contributed by atoms with Crippen LogP contribution >= 0.6 is 0 Å². The molecule has 0 aromatic rings. The van der Waals surface area contributed by atoms with Gasteiger partial charge in [-0.1, -0.05) is 0 Å². The van der Waals surface area contributed by atoms with E-state index in [-0.39, 0.29) is 134 Å². The van der Waals surface area contributed by atoms with Crippen LogP contribution in [0.4, 0.5) is 0 Å². The van der Waals surface area contributed by atoms with Crippen LogP contribution in [0.15, 0.2) is 0 Å². The molecule has 6 heavy (non-hydrogen) atoms. The average molecular weight is 467 g/mol. The Bertz CT molecular complexity index is 13.5. The fraction of sp³-hybridized carbons (Fsp3) is 0. The molecular weight excluding hydrogens is 465 g/mol. The van der Waals surface area contributed by atoms with E-state index < -0.39 is 0 Å². The Morgan fingerprint density at radius 1 is 1.00 bits per heavy atom. The molecule has 0 amide bonds. The fourth-order valence-corrected chi connectivity index (χ4v) is 0. The molecule has 0 bridgehead atoms. The minimum atomic E-state index is 0. The maximum absolute atomic E-state index is 0. The second-order valence-electron chi connectivity index (χ2n) is 0. The van der Waals surface area contributed by atoms with E-state index in [0.717, 1.165) is 0 Å². The van der Waals surface area contributed by atoms with E-state index in [1.165, 1.54) is 0 Å². The van der Waals surface area contributed by atoms with E-state index in [4.69, 9.17) is 0 Å². The molecule has 6 heteroatoms. The first-order valence-electron chi connectivity index (χ1n) is 0. The first kappa shape index (κ1) is 51.3. The zero-order valence-corrected chi connectivity index (χ0v) is 14.7. The Kier molecular flexibility index (Phi) is 311. The second kappa shape index (κ2) is 36.4. The van der Waals surface area contributed by atoms with Crippen LogP contribution in [0.25, 0.3) is 0 Å². The summed E-state index contributed by atoms with van der Waals surface area (Å²) in [4.78, 5) is 0. The quantitative estimate of drug-likeness (QED) is 0.324. The van der Waals surface area contributed by atoms with E-state index in [0.29, 0.717) is 0 Å². The normalized spacial score (nSPS) is 0. The SMILES string of the molecule is O.[K+].[O-2].[Sn+2].[W].[Zr+4]. The molecule has 0 rings (SSSR count). The zero-order valence-electron chi connectivity index (χ0n) is 3.32. The molecule has 0 aromatic heterocycles. The van der Waals surface area contributed by atoms with Gasteiger partial charge in [0.2, 0.25) is 0 Å². The van der Waals surface area contributed by atoms with E-state index in [1.807, 2.05) is 0 Å². The summed E-state index contributed by atoms with van der Waals surface area (Å²) in [7, 11) is 0. The van der Waals surface area contributed by atoms with Gasteiger partial charge in [0, 0.05) is 21.1 Å². The van der Waals surface area contributed by atoms with Crippen LogP contribution in [0.3, 0.4) is 0 Å². The predicted octanol–water partition coefficient (Wildman–Crippen LogP) is -4.33. The summed E-state index contributed by atoms with van der Waals surface area (Å²) in [6.45, 7) is 0. The molecular formula is H2KO2SnWZr+5. The zero-order chi connectivity index (χ0) is 0. The number of rotatable bonds is 0. The number of hydrogen-bond acceptors (Lipinski definition) is 0. The summed E-state index contributed by atoms with van der Waals surface area (Å²) in [5, 5.41) is 0. The van der Waals surface area contributed by atoms with Gasteiger partial charge in [-0.2, -0.15) is 0 Å². The molecule has 24 valence electrons. The van der Waals surface area contributed by atoms with Crippen molar-refractivity contribution < 1.29 is 110 Å². The molecule has 0 aliphatic heterocycles. The topological polar surface area (TPSA) is 60.0 Å². The van der Waals surface area contributed by atoms with Crippen molar-refractivity contribution in [2.45, 2.75) is 0 Å². The largest absolute Gasteiger partial charge is 4.00 e. The van der Waals surface area contributed by atoms with E-state index in [1.54, 1.807) is 0 Å². The van der Waals surface area contributed by atoms with Gasteiger partial charge in [0.1, 0.15) is 0 Å². The third-order valence-electron chi connectivity index (χ3n) is 0. The van der Waals surface area contributed by atoms with Crippen LogP contribution in [0.2, 0.25) is 0 Å². The molecule has 2 radical (unpaired) electrons. The molecule has 2 N–H and O–H groups in total. The van der Waals surface area contributed by atoms with Gasteiger partial charge < -0.3 is 11.0 Å². The summed E-state index contributed by atoms with van der Waals surface area (Å²) in [5.41, 5.74) is 0. The van der Waals surface area contributed by atoms with Crippen LogP contribution in [0.1, 0.15) is 0 Å². The summed E-state index contributed by atoms with van der Waals surface area (Å²) in [6.07, 6.45) is 0. The van der Waals surface area contributed by atoms with Gasteiger partial charge in [0.15, 0.2) is 0 Å². The summed E-state index contributed by atoms with van der Waals surface area (Å²) < 4.78 is 0. The van der Waals surface area contributed by atoms with Crippen molar-refractivity contribution in [3.05, 3.63) is 0 Å². The molecule has 0 spiro atoms. The first-order chi connectivity index (χ1) is 0. The van der Waals surface area contributed by atoms with E-state index >= 15 is 0 Å². The van der Waals surface area contributed by atoms with E-state index in [2.05, 4.69) is 0 Å². The van der Waals surface area contributed by atoms with Gasteiger partial charge in [-0.05, 0) is 0 Å². The smallest absolute Gasteiger partial charge is 2.00 e. The molecule has 0 heterocycles. The van der Waals surface area contributed by atoms with Crippen molar-refractivity contribution in [1.29, 1.82) is 0 Å². The van der Waals surface area contributed by atoms with Crippen molar-refractivity contribution in [2.75, 3.05) is 0 Å². The molecule has 0 fully saturated rings. The summed E-state index contributed by atoms with van der Waals surface area (Å²) in [6, 6.07) is 0. The first-order valence-corrected chi connectivity index (χ1v) is 0. The van der Waals surface area contributed by atoms with Gasteiger partial charge in [0.25, 0.3) is 0 Å². The average Bonchev–Trinajstić information content (AvgIpc) is 0. The Morgan fingerprint density at radius 3 is 1.00 bits per heavy atom. The Labute approximate surface area is 130 Å². The third-order valence-corrected chi connectivity index (χ3v) is 0. The predicted molar refractivity (Wildman–Crippen MR) is 10.1 cm³/mol. The van der Waals surface area contributed by atoms with Gasteiger partial charge in [-0.3, -0.25) is 0 Å². The van der Waals surface area contributed by atoms with Crippen LogP contribution in [-0.2, 0) is 52.7 Å². The molecule has 0 saturated carbocycles. The monoisotopic (exact) mass is 467 g/mol. The Balaban J connectivity index is 0. The second-order valence-corrected chi connectivity index (χ2v) is 0. The Hall–Kier alpha value is 3.93. The Morgan fingerprint density at radius 2 is 1.00 bits per heavy atom. The molecule has 0 aliphatic rings. The van der Waals surface area contributed by atoms with Crippen molar-refractivity contribution >= 4 is 23.9 Å². The minimum Gasteiger partial charge on any atom is -2.00 e.